The lowest BCUT2D eigenvalue weighted by molar-refractivity contribution is 0.168. The van der Waals surface area contributed by atoms with Gasteiger partial charge in [0.2, 0.25) is 0 Å². The van der Waals surface area contributed by atoms with Crippen molar-refractivity contribution in [2.45, 2.75) is 51.2 Å². The molecule has 0 aliphatic heterocycles. The average molecular weight is 271 g/mol. The Hall–Kier alpha value is -1.37. The molecule has 1 saturated carbocycles. The van der Waals surface area contributed by atoms with Crippen molar-refractivity contribution in [3.63, 3.8) is 0 Å². The van der Waals surface area contributed by atoms with E-state index in [-0.39, 0.29) is 0 Å². The van der Waals surface area contributed by atoms with Gasteiger partial charge in [-0.15, -0.1) is 0 Å². The third-order valence-corrected chi connectivity index (χ3v) is 4.30. The molecule has 20 heavy (non-hydrogen) atoms. The number of rotatable bonds is 5. The number of hydrogen-bond donors (Lipinski definition) is 1. The maximum absolute atomic E-state index is 8.95. The van der Waals surface area contributed by atoms with E-state index in [4.69, 9.17) is 5.26 Å². The van der Waals surface area contributed by atoms with Crippen molar-refractivity contribution in [3.05, 3.63) is 35.4 Å². The standard InChI is InChI=1S/C17H25N3/c1-3-19-16-7-9-17(10-8-16)20(2)13-15-6-4-5-14(11-15)12-18/h4-6,11,16-17,19H,3,7-10,13H2,1-2H3. The quantitative estimate of drug-likeness (QED) is 0.895. The first-order valence-electron chi connectivity index (χ1n) is 7.65. The van der Waals surface area contributed by atoms with Crippen LogP contribution in [-0.2, 0) is 6.54 Å². The first-order valence-corrected chi connectivity index (χ1v) is 7.65. The fourth-order valence-corrected chi connectivity index (χ4v) is 3.17. The predicted molar refractivity (Wildman–Crippen MR) is 82.3 cm³/mol. The summed E-state index contributed by atoms with van der Waals surface area (Å²) in [5.41, 5.74) is 1.99. The number of nitriles is 1. The van der Waals surface area contributed by atoms with Crippen LogP contribution in [0.5, 0.6) is 0 Å². The summed E-state index contributed by atoms with van der Waals surface area (Å²) in [5.74, 6) is 0. The molecule has 108 valence electrons. The highest BCUT2D eigenvalue weighted by Crippen LogP contribution is 2.23. The molecule has 2 rings (SSSR count). The molecule has 1 aromatic rings. The van der Waals surface area contributed by atoms with Crippen LogP contribution in [0.2, 0.25) is 0 Å². The van der Waals surface area contributed by atoms with Gasteiger partial charge < -0.3 is 5.32 Å². The summed E-state index contributed by atoms with van der Waals surface area (Å²) in [7, 11) is 2.21. The average Bonchev–Trinajstić information content (AvgIpc) is 2.48. The van der Waals surface area contributed by atoms with Gasteiger partial charge >= 0.3 is 0 Å². The zero-order valence-electron chi connectivity index (χ0n) is 12.6. The second-order valence-corrected chi connectivity index (χ2v) is 5.79. The molecule has 1 N–H and O–H groups in total. The molecule has 0 saturated heterocycles. The lowest BCUT2D eigenvalue weighted by Crippen LogP contribution is -2.40. The Balaban J connectivity index is 1.86. The first-order chi connectivity index (χ1) is 9.72. The summed E-state index contributed by atoms with van der Waals surface area (Å²) in [6.45, 7) is 4.19. The Kier molecular flexibility index (Phi) is 5.58. The van der Waals surface area contributed by atoms with Crippen LogP contribution in [-0.4, -0.2) is 30.6 Å². The van der Waals surface area contributed by atoms with E-state index >= 15 is 0 Å². The van der Waals surface area contributed by atoms with Crippen LogP contribution in [0.25, 0.3) is 0 Å². The van der Waals surface area contributed by atoms with E-state index in [1.165, 1.54) is 31.2 Å². The second kappa shape index (κ2) is 7.42. The Morgan fingerprint density at radius 2 is 2.05 bits per heavy atom. The minimum atomic E-state index is 0.677. The van der Waals surface area contributed by atoms with Crippen molar-refractivity contribution in [2.24, 2.45) is 0 Å². The van der Waals surface area contributed by atoms with Crippen molar-refractivity contribution in [1.82, 2.24) is 10.2 Å². The van der Waals surface area contributed by atoms with Crippen molar-refractivity contribution >= 4 is 0 Å². The molecular weight excluding hydrogens is 246 g/mol. The minimum absolute atomic E-state index is 0.677. The number of hydrogen-bond acceptors (Lipinski definition) is 3. The van der Waals surface area contributed by atoms with Gasteiger partial charge in [-0.3, -0.25) is 4.90 Å². The molecule has 0 spiro atoms. The van der Waals surface area contributed by atoms with Gasteiger partial charge in [-0.25, -0.2) is 0 Å². The highest BCUT2D eigenvalue weighted by molar-refractivity contribution is 5.32. The van der Waals surface area contributed by atoms with Crippen molar-refractivity contribution in [1.29, 1.82) is 5.26 Å². The van der Waals surface area contributed by atoms with Crippen LogP contribution in [0.15, 0.2) is 24.3 Å². The van der Waals surface area contributed by atoms with Gasteiger partial charge in [-0.1, -0.05) is 19.1 Å². The van der Waals surface area contributed by atoms with E-state index in [0.717, 1.165) is 18.7 Å². The molecule has 0 radical (unpaired) electrons. The number of benzene rings is 1. The van der Waals surface area contributed by atoms with Crippen LogP contribution in [0, 0.1) is 11.3 Å². The third kappa shape index (κ3) is 4.06. The maximum Gasteiger partial charge on any atom is 0.0991 e. The molecule has 3 nitrogen and oxygen atoms in total. The van der Waals surface area contributed by atoms with Crippen LogP contribution < -0.4 is 5.32 Å². The van der Waals surface area contributed by atoms with Crippen LogP contribution in [0.3, 0.4) is 0 Å². The first kappa shape index (κ1) is 15.0. The Morgan fingerprint density at radius 1 is 1.30 bits per heavy atom. The summed E-state index contributed by atoms with van der Waals surface area (Å²) in [6, 6.07) is 11.6. The number of nitrogens with zero attached hydrogens (tertiary/aromatic N) is 2. The topological polar surface area (TPSA) is 39.1 Å². The third-order valence-electron chi connectivity index (χ3n) is 4.30. The summed E-state index contributed by atoms with van der Waals surface area (Å²) in [5, 5.41) is 12.5. The van der Waals surface area contributed by atoms with E-state index in [2.05, 4.69) is 36.3 Å². The highest BCUT2D eigenvalue weighted by atomic mass is 15.1. The van der Waals surface area contributed by atoms with Gasteiger partial charge in [0.15, 0.2) is 0 Å². The summed E-state index contributed by atoms with van der Waals surface area (Å²) >= 11 is 0. The molecule has 0 atom stereocenters. The predicted octanol–water partition coefficient (Wildman–Crippen LogP) is 2.91. The summed E-state index contributed by atoms with van der Waals surface area (Å²) < 4.78 is 0. The normalized spacial score (nSPS) is 22.7. The second-order valence-electron chi connectivity index (χ2n) is 5.79. The molecule has 0 bridgehead atoms. The Bertz CT molecular complexity index is 456. The molecule has 1 aliphatic rings. The molecule has 0 unspecified atom stereocenters. The minimum Gasteiger partial charge on any atom is -0.314 e. The Labute approximate surface area is 122 Å². The molecule has 0 amide bonds. The lowest BCUT2D eigenvalue weighted by atomic mass is 9.90. The molecular formula is C17H25N3. The number of nitrogens with one attached hydrogen (secondary N) is 1. The van der Waals surface area contributed by atoms with Gasteiger partial charge in [-0.2, -0.15) is 5.26 Å². The van der Waals surface area contributed by atoms with Gasteiger partial charge in [0.1, 0.15) is 0 Å². The SMILES string of the molecule is CCNC1CCC(N(C)Cc2cccc(C#N)c2)CC1. The Morgan fingerprint density at radius 3 is 2.70 bits per heavy atom. The van der Waals surface area contributed by atoms with E-state index in [1.54, 1.807) is 0 Å². The van der Waals surface area contributed by atoms with Gasteiger partial charge in [0.05, 0.1) is 11.6 Å². The smallest absolute Gasteiger partial charge is 0.0991 e. The summed E-state index contributed by atoms with van der Waals surface area (Å²) in [4.78, 5) is 2.44. The van der Waals surface area contributed by atoms with E-state index in [0.29, 0.717) is 12.1 Å². The fraction of sp³-hybridized carbons (Fsp3) is 0.588. The summed E-state index contributed by atoms with van der Waals surface area (Å²) in [6.07, 6.45) is 5.10. The van der Waals surface area contributed by atoms with Crippen LogP contribution in [0.4, 0.5) is 0 Å². The maximum atomic E-state index is 8.95. The van der Waals surface area contributed by atoms with Crippen molar-refractivity contribution in [2.75, 3.05) is 13.6 Å². The molecule has 0 aromatic heterocycles. The van der Waals surface area contributed by atoms with Crippen molar-refractivity contribution < 1.29 is 0 Å². The molecule has 1 fully saturated rings. The largest absolute Gasteiger partial charge is 0.314 e. The van der Waals surface area contributed by atoms with Gasteiger partial charge in [-0.05, 0) is 57.0 Å². The molecule has 1 aliphatic carbocycles. The van der Waals surface area contributed by atoms with Crippen LogP contribution >= 0.6 is 0 Å². The zero-order valence-corrected chi connectivity index (χ0v) is 12.6. The monoisotopic (exact) mass is 271 g/mol. The van der Waals surface area contributed by atoms with Crippen molar-refractivity contribution in [3.8, 4) is 6.07 Å². The molecule has 1 aromatic carbocycles. The van der Waals surface area contributed by atoms with E-state index in [9.17, 15) is 0 Å². The zero-order chi connectivity index (χ0) is 14.4. The lowest BCUT2D eigenvalue weighted by Gasteiger charge is -2.35. The van der Waals surface area contributed by atoms with Crippen LogP contribution in [0.1, 0.15) is 43.7 Å². The van der Waals surface area contributed by atoms with E-state index in [1.807, 2.05) is 18.2 Å². The molecule has 3 heteroatoms. The molecule has 0 heterocycles. The van der Waals surface area contributed by atoms with E-state index < -0.39 is 0 Å². The van der Waals surface area contributed by atoms with Gasteiger partial charge in [0.25, 0.3) is 0 Å². The highest BCUT2D eigenvalue weighted by Gasteiger charge is 2.23. The van der Waals surface area contributed by atoms with Gasteiger partial charge in [0, 0.05) is 18.6 Å². The fourth-order valence-electron chi connectivity index (χ4n) is 3.17.